The molecule has 1 aliphatic heterocycles. The third-order valence-electron chi connectivity index (χ3n) is 2.47. The lowest BCUT2D eigenvalue weighted by Crippen LogP contribution is -2.25. The van der Waals surface area contributed by atoms with Crippen LogP contribution in [-0.4, -0.2) is 19.4 Å². The molecule has 0 aromatic heterocycles. The van der Waals surface area contributed by atoms with Crippen LogP contribution in [0.25, 0.3) is 0 Å². The van der Waals surface area contributed by atoms with Gasteiger partial charge in [-0.25, -0.2) is 0 Å². The van der Waals surface area contributed by atoms with E-state index in [-0.39, 0.29) is 17.9 Å². The van der Waals surface area contributed by atoms with Crippen LogP contribution in [0.2, 0.25) is 0 Å². The Balaban J connectivity index is 2.16. The molecular formula is C11H11F2NO4. The number of fused-ring (bicyclic) bond motifs is 1. The van der Waals surface area contributed by atoms with Gasteiger partial charge in [-0.3, -0.25) is 4.79 Å². The number of ether oxygens (including phenoxy) is 3. The number of halogens is 2. The van der Waals surface area contributed by atoms with Crippen LogP contribution in [0, 0.1) is 0 Å². The zero-order valence-electron chi connectivity index (χ0n) is 9.48. The average molecular weight is 259 g/mol. The van der Waals surface area contributed by atoms with Crippen LogP contribution in [0.1, 0.15) is 18.0 Å². The summed E-state index contributed by atoms with van der Waals surface area (Å²) in [5.74, 6) is -0.641. The lowest BCUT2D eigenvalue weighted by atomic mass is 10.0. The SMILES string of the molecule is COC(=O)C[C@@H](N)c1ccc2c(c1)OC(F)(F)O2. The maximum absolute atomic E-state index is 12.8. The Kier molecular flexibility index (Phi) is 3.08. The minimum Gasteiger partial charge on any atom is -0.469 e. The van der Waals surface area contributed by atoms with Gasteiger partial charge in [0.05, 0.1) is 13.5 Å². The second kappa shape index (κ2) is 4.41. The van der Waals surface area contributed by atoms with E-state index in [0.717, 1.165) is 0 Å². The van der Waals surface area contributed by atoms with Gasteiger partial charge in [-0.2, -0.15) is 0 Å². The molecule has 0 saturated carbocycles. The van der Waals surface area contributed by atoms with E-state index in [4.69, 9.17) is 5.73 Å². The third kappa shape index (κ3) is 2.51. The van der Waals surface area contributed by atoms with E-state index < -0.39 is 18.3 Å². The standard InChI is InChI=1S/C11H11F2NO4/c1-16-10(15)5-7(14)6-2-3-8-9(4-6)18-11(12,13)17-8/h2-4,7H,5,14H2,1H3/t7-/m1/s1. The molecular weight excluding hydrogens is 248 g/mol. The summed E-state index contributed by atoms with van der Waals surface area (Å²) in [6, 6.07) is 3.49. The van der Waals surface area contributed by atoms with Crippen LogP contribution in [-0.2, 0) is 9.53 Å². The zero-order chi connectivity index (χ0) is 13.3. The normalized spacial score (nSPS) is 17.3. The monoisotopic (exact) mass is 259 g/mol. The third-order valence-corrected chi connectivity index (χ3v) is 2.47. The first kappa shape index (κ1) is 12.6. The highest BCUT2D eigenvalue weighted by atomic mass is 19.3. The van der Waals surface area contributed by atoms with E-state index in [1.807, 2.05) is 0 Å². The van der Waals surface area contributed by atoms with Crippen molar-refractivity contribution in [2.45, 2.75) is 18.8 Å². The first-order valence-electron chi connectivity index (χ1n) is 5.13. The van der Waals surface area contributed by atoms with E-state index in [1.165, 1.54) is 25.3 Å². The summed E-state index contributed by atoms with van der Waals surface area (Å²) in [7, 11) is 1.25. The summed E-state index contributed by atoms with van der Waals surface area (Å²) in [5, 5.41) is 0. The molecule has 2 N–H and O–H groups in total. The predicted molar refractivity (Wildman–Crippen MR) is 56.2 cm³/mol. The Morgan fingerprint density at radius 1 is 1.44 bits per heavy atom. The number of rotatable bonds is 3. The molecule has 7 heteroatoms. The van der Waals surface area contributed by atoms with Crippen molar-refractivity contribution in [3.8, 4) is 11.5 Å². The largest absolute Gasteiger partial charge is 0.586 e. The fraction of sp³-hybridized carbons (Fsp3) is 0.364. The van der Waals surface area contributed by atoms with Crippen LogP contribution in [0.3, 0.4) is 0 Å². The molecule has 1 aliphatic rings. The fourth-order valence-corrected chi connectivity index (χ4v) is 1.58. The van der Waals surface area contributed by atoms with Crippen LogP contribution in [0.4, 0.5) is 8.78 Å². The maximum atomic E-state index is 12.8. The molecule has 0 aliphatic carbocycles. The van der Waals surface area contributed by atoms with E-state index in [0.29, 0.717) is 5.56 Å². The second-order valence-electron chi connectivity index (χ2n) is 3.76. The van der Waals surface area contributed by atoms with Gasteiger partial charge in [0.15, 0.2) is 11.5 Å². The Morgan fingerprint density at radius 2 is 2.11 bits per heavy atom. The molecule has 0 radical (unpaired) electrons. The Morgan fingerprint density at radius 3 is 2.78 bits per heavy atom. The van der Waals surface area contributed by atoms with Gasteiger partial charge in [0.25, 0.3) is 0 Å². The number of nitrogens with two attached hydrogens (primary N) is 1. The Bertz CT molecular complexity index is 478. The first-order valence-corrected chi connectivity index (χ1v) is 5.13. The number of alkyl halides is 2. The number of benzene rings is 1. The highest BCUT2D eigenvalue weighted by molar-refractivity contribution is 5.70. The van der Waals surface area contributed by atoms with Crippen molar-refractivity contribution in [2.75, 3.05) is 7.11 Å². The maximum Gasteiger partial charge on any atom is 0.586 e. The van der Waals surface area contributed by atoms with Crippen LogP contribution >= 0.6 is 0 Å². The highest BCUT2D eigenvalue weighted by Crippen LogP contribution is 2.42. The van der Waals surface area contributed by atoms with E-state index in [9.17, 15) is 13.6 Å². The number of methoxy groups -OCH3 is 1. The van der Waals surface area contributed by atoms with Crippen LogP contribution in [0.15, 0.2) is 18.2 Å². The van der Waals surface area contributed by atoms with Crippen LogP contribution in [0.5, 0.6) is 11.5 Å². The van der Waals surface area contributed by atoms with Gasteiger partial charge < -0.3 is 19.9 Å². The highest BCUT2D eigenvalue weighted by Gasteiger charge is 2.43. The number of carbonyl (C=O) groups excluding carboxylic acids is 1. The predicted octanol–water partition coefficient (Wildman–Crippen LogP) is 1.57. The number of carbonyl (C=O) groups is 1. The summed E-state index contributed by atoms with van der Waals surface area (Å²) in [4.78, 5) is 11.1. The molecule has 1 atom stereocenters. The van der Waals surface area contributed by atoms with Crippen molar-refractivity contribution in [3.05, 3.63) is 23.8 Å². The van der Waals surface area contributed by atoms with Crippen molar-refractivity contribution in [1.29, 1.82) is 0 Å². The van der Waals surface area contributed by atoms with Crippen molar-refractivity contribution in [1.82, 2.24) is 0 Å². The molecule has 2 rings (SSSR count). The first-order chi connectivity index (χ1) is 8.41. The van der Waals surface area contributed by atoms with Crippen molar-refractivity contribution in [3.63, 3.8) is 0 Å². The molecule has 5 nitrogen and oxygen atoms in total. The summed E-state index contributed by atoms with van der Waals surface area (Å²) in [6.45, 7) is 0. The summed E-state index contributed by atoms with van der Waals surface area (Å²) in [5.41, 5.74) is 6.23. The van der Waals surface area contributed by atoms with Gasteiger partial charge in [-0.15, -0.1) is 8.78 Å². The van der Waals surface area contributed by atoms with Crippen LogP contribution < -0.4 is 15.2 Å². The minimum absolute atomic E-state index is 0.0491. The van der Waals surface area contributed by atoms with Gasteiger partial charge in [-0.05, 0) is 17.7 Å². The Hall–Kier alpha value is -1.89. The molecule has 0 bridgehead atoms. The molecule has 0 spiro atoms. The molecule has 18 heavy (non-hydrogen) atoms. The number of hydrogen-bond acceptors (Lipinski definition) is 5. The van der Waals surface area contributed by atoms with E-state index >= 15 is 0 Å². The van der Waals surface area contributed by atoms with E-state index in [2.05, 4.69) is 14.2 Å². The summed E-state index contributed by atoms with van der Waals surface area (Å²) < 4.78 is 38.6. The van der Waals surface area contributed by atoms with Gasteiger partial charge in [-0.1, -0.05) is 6.07 Å². The fourth-order valence-electron chi connectivity index (χ4n) is 1.58. The van der Waals surface area contributed by atoms with Crippen molar-refractivity contribution >= 4 is 5.97 Å². The molecule has 0 fully saturated rings. The summed E-state index contributed by atoms with van der Waals surface area (Å²) in [6.07, 6.45) is -3.71. The topological polar surface area (TPSA) is 70.8 Å². The molecule has 98 valence electrons. The lowest BCUT2D eigenvalue weighted by molar-refractivity contribution is -0.286. The average Bonchev–Trinajstić information content (AvgIpc) is 2.61. The van der Waals surface area contributed by atoms with E-state index in [1.54, 1.807) is 0 Å². The smallest absolute Gasteiger partial charge is 0.469 e. The van der Waals surface area contributed by atoms with Crippen molar-refractivity contribution in [2.24, 2.45) is 5.73 Å². The summed E-state index contributed by atoms with van der Waals surface area (Å²) >= 11 is 0. The molecule has 0 amide bonds. The minimum atomic E-state index is -3.66. The number of hydrogen-bond donors (Lipinski definition) is 1. The van der Waals surface area contributed by atoms with Gasteiger partial charge in [0, 0.05) is 6.04 Å². The lowest BCUT2D eigenvalue weighted by Gasteiger charge is -2.10. The van der Waals surface area contributed by atoms with Gasteiger partial charge >= 0.3 is 12.3 Å². The number of esters is 1. The molecule has 0 saturated heterocycles. The second-order valence-corrected chi connectivity index (χ2v) is 3.76. The molecule has 1 aromatic rings. The molecule has 0 unspecified atom stereocenters. The molecule has 1 heterocycles. The molecule has 1 aromatic carbocycles. The van der Waals surface area contributed by atoms with Crippen molar-refractivity contribution < 1.29 is 27.8 Å². The van der Waals surface area contributed by atoms with Gasteiger partial charge in [0.2, 0.25) is 0 Å². The Labute approximate surface area is 101 Å². The zero-order valence-corrected chi connectivity index (χ0v) is 9.48. The quantitative estimate of drug-likeness (QED) is 0.834. The van der Waals surface area contributed by atoms with Gasteiger partial charge in [0.1, 0.15) is 0 Å².